The monoisotopic (exact) mass is 181 g/mol. The lowest BCUT2D eigenvalue weighted by molar-refractivity contribution is -0.136. The van der Waals surface area contributed by atoms with Gasteiger partial charge in [0, 0.05) is 0 Å². The maximum atomic E-state index is 10.2. The molecule has 0 aromatic carbocycles. The molecular weight excluding hydrogens is 168 g/mol. The molecule has 0 saturated carbocycles. The lowest BCUT2D eigenvalue weighted by Gasteiger charge is -2.22. The molecule has 0 rings (SSSR count). The summed E-state index contributed by atoms with van der Waals surface area (Å²) in [5.74, 6) is 0. The van der Waals surface area contributed by atoms with Crippen LogP contribution in [0.25, 0.3) is 0 Å². The van der Waals surface area contributed by atoms with E-state index in [9.17, 15) is 4.79 Å². The van der Waals surface area contributed by atoms with Gasteiger partial charge in [0.2, 0.25) is 0 Å². The van der Waals surface area contributed by atoms with Crippen LogP contribution in [0, 0.1) is 0 Å². The molecule has 6 heteroatoms. The molecule has 0 aliphatic heterocycles. The Balaban J connectivity index is 4.24. The van der Waals surface area contributed by atoms with Crippen LogP contribution in [0.2, 0.25) is 0 Å². The molecule has 5 N–H and O–H groups in total. The predicted molar refractivity (Wildman–Crippen MR) is 37.2 cm³/mol. The van der Waals surface area contributed by atoms with E-state index in [1.165, 1.54) is 0 Å². The maximum absolute atomic E-state index is 10.2. The summed E-state index contributed by atoms with van der Waals surface area (Å²) in [7, 11) is 0. The maximum Gasteiger partial charge on any atom is 0.151 e. The first-order valence-electron chi connectivity index (χ1n) is 3.75. The van der Waals surface area contributed by atoms with Gasteiger partial charge >= 0.3 is 0 Å². The normalized spacial score (nSPS) is 22.2. The average Bonchev–Trinajstić information content (AvgIpc) is 2.12. The molecule has 4 atom stereocenters. The number of aliphatic hydroxyl groups is 5. The fraction of sp³-hybridized carbons (Fsp3) is 0.833. The second-order valence-electron chi connectivity index (χ2n) is 2.29. The molecule has 0 saturated heterocycles. The highest BCUT2D eigenvalue weighted by Gasteiger charge is 2.29. The number of rotatable bonds is 5. The molecule has 0 bridgehead atoms. The minimum atomic E-state index is -2.09. The van der Waals surface area contributed by atoms with Crippen molar-refractivity contribution >= 4 is 6.26 Å². The Morgan fingerprint density at radius 1 is 1.25 bits per heavy atom. The van der Waals surface area contributed by atoms with Crippen molar-refractivity contribution in [3.8, 4) is 0 Å². The Hall–Kier alpha value is -0.530. The van der Waals surface area contributed by atoms with Crippen LogP contribution in [0.15, 0.2) is 0 Å². The number of carbonyl (C=O) groups excluding carboxylic acids is 1. The summed E-state index contributed by atoms with van der Waals surface area (Å²) in [5.41, 5.74) is 0. The van der Waals surface area contributed by atoms with Gasteiger partial charge in [-0.2, -0.15) is 0 Å². The molecule has 0 unspecified atom stereocenters. The van der Waals surface area contributed by atoms with Gasteiger partial charge in [-0.25, -0.2) is 0 Å². The van der Waals surface area contributed by atoms with Gasteiger partial charge < -0.3 is 30.3 Å². The van der Waals surface area contributed by atoms with E-state index in [0.29, 0.717) is 0 Å². The second-order valence-corrected chi connectivity index (χ2v) is 2.29. The molecule has 0 aliphatic carbocycles. The Labute approximate surface area is 70.1 Å². The van der Waals surface area contributed by atoms with Crippen molar-refractivity contribution in [2.24, 2.45) is 0 Å². The van der Waals surface area contributed by atoms with Crippen molar-refractivity contribution in [2.75, 3.05) is 6.61 Å². The molecular formula is C6H12O6. The summed E-state index contributed by atoms with van der Waals surface area (Å²) in [5, 5.41) is 43.8. The van der Waals surface area contributed by atoms with E-state index in [-0.39, 0.29) is 0 Å². The first kappa shape index (κ1) is 9.56. The average molecular weight is 181 g/mol. The van der Waals surface area contributed by atoms with Crippen LogP contribution in [-0.4, -0.2) is 62.8 Å². The number of hydrogen-bond acceptors (Lipinski definition) is 6. The first-order chi connectivity index (χ1) is 5.91. The van der Waals surface area contributed by atoms with Gasteiger partial charge in [-0.05, 0) is 0 Å². The van der Waals surface area contributed by atoms with Crippen LogP contribution < -0.4 is 0 Å². The van der Waals surface area contributed by atoms with Crippen LogP contribution in [0.3, 0.4) is 0 Å². The summed E-state index contributed by atoms with van der Waals surface area (Å²) in [6.45, 7) is -0.822. The summed E-state index contributed by atoms with van der Waals surface area (Å²) >= 11 is 0. The third-order valence-electron chi connectivity index (χ3n) is 1.38. The number of carbonyl (C=O) groups is 1. The first-order valence-corrected chi connectivity index (χ1v) is 3.25. The molecule has 0 heterocycles. The van der Waals surface area contributed by atoms with E-state index >= 15 is 0 Å². The highest BCUT2D eigenvalue weighted by atomic mass is 16.4. The van der Waals surface area contributed by atoms with Gasteiger partial charge in [-0.1, -0.05) is 0 Å². The van der Waals surface area contributed by atoms with Crippen molar-refractivity contribution in [3.05, 3.63) is 0 Å². The Morgan fingerprint density at radius 2 is 1.75 bits per heavy atom. The van der Waals surface area contributed by atoms with Crippen LogP contribution in [-0.2, 0) is 4.79 Å². The van der Waals surface area contributed by atoms with Crippen LogP contribution in [0.5, 0.6) is 0 Å². The number of aldehydes is 1. The van der Waals surface area contributed by atoms with Gasteiger partial charge in [0.25, 0.3) is 0 Å². The Bertz CT molecular complexity index is 175. The lowest BCUT2D eigenvalue weighted by atomic mass is 10.0. The third kappa shape index (κ3) is 2.84. The summed E-state index contributed by atoms with van der Waals surface area (Å²) in [6.07, 6.45) is -9.07. The number of hydrogen-bond donors (Lipinski definition) is 5. The highest BCUT2D eigenvalue weighted by molar-refractivity contribution is 5.56. The van der Waals surface area contributed by atoms with E-state index in [0.717, 1.165) is 0 Å². The van der Waals surface area contributed by atoms with E-state index < -0.39 is 37.3 Å². The second kappa shape index (κ2) is 5.18. The summed E-state index contributed by atoms with van der Waals surface area (Å²) < 4.78 is 6.40. The molecule has 0 aliphatic rings. The summed E-state index contributed by atoms with van der Waals surface area (Å²) in [6, 6.07) is 0. The molecule has 6 nitrogen and oxygen atoms in total. The van der Waals surface area contributed by atoms with Crippen molar-refractivity contribution in [1.82, 2.24) is 0 Å². The zero-order chi connectivity index (χ0) is 10.6. The van der Waals surface area contributed by atoms with E-state index in [1.54, 1.807) is 0 Å². The molecule has 12 heavy (non-hydrogen) atoms. The smallest absolute Gasteiger partial charge is 0.151 e. The fourth-order valence-electron chi connectivity index (χ4n) is 0.592. The quantitative estimate of drug-likeness (QED) is 0.282. The fourth-order valence-corrected chi connectivity index (χ4v) is 0.592. The van der Waals surface area contributed by atoms with Gasteiger partial charge in [0.05, 0.1) is 6.61 Å². The van der Waals surface area contributed by atoms with Gasteiger partial charge in [-0.15, -0.1) is 0 Å². The lowest BCUT2D eigenvalue weighted by Crippen LogP contribution is -2.46. The van der Waals surface area contributed by atoms with E-state index in [2.05, 4.69) is 0 Å². The minimum Gasteiger partial charge on any atom is -0.394 e. The van der Waals surface area contributed by atoms with Crippen LogP contribution in [0.4, 0.5) is 0 Å². The zero-order valence-corrected chi connectivity index (χ0v) is 6.16. The van der Waals surface area contributed by atoms with Crippen molar-refractivity contribution in [1.29, 1.82) is 0 Å². The standard InChI is InChI=1S/C6H12O6/c7-1-3(9)5(11)6(12)4(10)2-8/h1,3-6,8-12H,2H2/t3-,4-,5-,6+/m0/s1/i1D. The summed E-state index contributed by atoms with van der Waals surface area (Å²) in [4.78, 5) is 10.2. The SMILES string of the molecule is [2H]C(=O)[C@H](O)[C@H](O)[C@H](O)[C@@H](O)CO. The largest absolute Gasteiger partial charge is 0.394 e. The van der Waals surface area contributed by atoms with Crippen LogP contribution in [0.1, 0.15) is 1.37 Å². The third-order valence-corrected chi connectivity index (χ3v) is 1.38. The molecule has 0 fully saturated rings. The van der Waals surface area contributed by atoms with Crippen molar-refractivity contribution in [2.45, 2.75) is 24.4 Å². The van der Waals surface area contributed by atoms with Crippen molar-refractivity contribution in [3.63, 3.8) is 0 Å². The topological polar surface area (TPSA) is 118 Å². The van der Waals surface area contributed by atoms with Crippen molar-refractivity contribution < 1.29 is 31.7 Å². The Morgan fingerprint density at radius 3 is 2.08 bits per heavy atom. The van der Waals surface area contributed by atoms with Gasteiger partial charge in [0.1, 0.15) is 25.8 Å². The van der Waals surface area contributed by atoms with E-state index in [4.69, 9.17) is 26.9 Å². The van der Waals surface area contributed by atoms with Gasteiger partial charge in [-0.3, -0.25) is 0 Å². The van der Waals surface area contributed by atoms with E-state index in [1.807, 2.05) is 0 Å². The zero-order valence-electron chi connectivity index (χ0n) is 7.16. The number of aliphatic hydroxyl groups excluding tert-OH is 5. The predicted octanol–water partition coefficient (Wildman–Crippen LogP) is -3.38. The molecule has 0 spiro atoms. The molecule has 0 radical (unpaired) electrons. The molecule has 0 aromatic heterocycles. The minimum absolute atomic E-state index is 0.822. The van der Waals surface area contributed by atoms with Crippen LogP contribution >= 0.6 is 0 Å². The highest BCUT2D eigenvalue weighted by Crippen LogP contribution is 2.02. The molecule has 72 valence electrons. The molecule has 0 aromatic rings. The van der Waals surface area contributed by atoms with Gasteiger partial charge in [0.15, 0.2) is 6.26 Å². The molecule has 0 amide bonds. The Kier molecular flexibility index (Phi) is 4.12.